The van der Waals surface area contributed by atoms with Crippen molar-refractivity contribution in [3.63, 3.8) is 0 Å². The Morgan fingerprint density at radius 1 is 0.696 bits per heavy atom. The van der Waals surface area contributed by atoms with Gasteiger partial charge in [0.2, 0.25) is 0 Å². The minimum absolute atomic E-state index is 0.126. The molecule has 0 N–H and O–H groups in total. The highest BCUT2D eigenvalue weighted by atomic mass is 14.3. The fraction of sp³-hybridized carbons (Fsp3) is 0.478. The van der Waals surface area contributed by atoms with E-state index in [2.05, 4.69) is 81.4 Å². The predicted octanol–water partition coefficient (Wildman–Crippen LogP) is 6.99. The van der Waals surface area contributed by atoms with Gasteiger partial charge in [-0.15, -0.1) is 0 Å². The third kappa shape index (κ3) is 5.23. The summed E-state index contributed by atoms with van der Waals surface area (Å²) >= 11 is 0. The van der Waals surface area contributed by atoms with Crippen LogP contribution in [-0.2, 0) is 5.41 Å². The highest BCUT2D eigenvalue weighted by Gasteiger charge is 2.27. The molecular weight excluding hydrogens is 276 g/mol. The molecule has 0 atom stereocenters. The first-order valence-electron chi connectivity index (χ1n) is 9.24. The number of unbranched alkanes of at least 4 members (excludes halogenated alkanes) is 3. The standard InChI is InChI=1S/C23H32/c1-20(2)14-8-4-5-13-19-23(3,21-15-9-6-10-16-21)22-17-11-7-12-18-22/h6-7,9-12,15-18,20H,4-5,8,13-14,19H2,1-3H3. The van der Waals surface area contributed by atoms with Gasteiger partial charge in [-0.3, -0.25) is 0 Å². The highest BCUT2D eigenvalue weighted by molar-refractivity contribution is 5.38. The van der Waals surface area contributed by atoms with Gasteiger partial charge in [0.05, 0.1) is 0 Å². The summed E-state index contributed by atoms with van der Waals surface area (Å²) in [5.41, 5.74) is 3.00. The van der Waals surface area contributed by atoms with Crippen molar-refractivity contribution in [2.24, 2.45) is 5.92 Å². The minimum Gasteiger partial charge on any atom is -0.0628 e. The van der Waals surface area contributed by atoms with Crippen LogP contribution < -0.4 is 0 Å². The van der Waals surface area contributed by atoms with E-state index in [1.165, 1.54) is 49.7 Å². The van der Waals surface area contributed by atoms with Gasteiger partial charge in [-0.1, -0.05) is 114 Å². The van der Waals surface area contributed by atoms with Crippen molar-refractivity contribution in [3.05, 3.63) is 71.8 Å². The molecule has 0 bridgehead atoms. The lowest BCUT2D eigenvalue weighted by atomic mass is 9.72. The van der Waals surface area contributed by atoms with Gasteiger partial charge in [0.15, 0.2) is 0 Å². The molecule has 0 fully saturated rings. The Kier molecular flexibility index (Phi) is 6.89. The van der Waals surface area contributed by atoms with Crippen molar-refractivity contribution < 1.29 is 0 Å². The van der Waals surface area contributed by atoms with Gasteiger partial charge in [-0.05, 0) is 23.5 Å². The Balaban J connectivity index is 2.01. The molecule has 0 unspecified atom stereocenters. The summed E-state index contributed by atoms with van der Waals surface area (Å²) in [5.74, 6) is 0.842. The third-order valence-corrected chi connectivity index (χ3v) is 5.03. The first-order valence-corrected chi connectivity index (χ1v) is 9.24. The SMILES string of the molecule is CC(C)CCCCCCC(C)(c1ccccc1)c1ccccc1. The molecule has 124 valence electrons. The molecule has 0 aliphatic heterocycles. The molecule has 0 saturated carbocycles. The average molecular weight is 309 g/mol. The van der Waals surface area contributed by atoms with E-state index in [0.29, 0.717) is 0 Å². The van der Waals surface area contributed by atoms with Crippen LogP contribution in [0, 0.1) is 5.92 Å². The maximum atomic E-state index is 2.41. The molecule has 0 nitrogen and oxygen atoms in total. The van der Waals surface area contributed by atoms with Gasteiger partial charge in [-0.25, -0.2) is 0 Å². The van der Waals surface area contributed by atoms with Crippen LogP contribution in [0.4, 0.5) is 0 Å². The summed E-state index contributed by atoms with van der Waals surface area (Å²) in [5, 5.41) is 0. The second kappa shape index (κ2) is 8.91. The predicted molar refractivity (Wildman–Crippen MR) is 102 cm³/mol. The first kappa shape index (κ1) is 17.8. The number of hydrogen-bond donors (Lipinski definition) is 0. The fourth-order valence-corrected chi connectivity index (χ4v) is 3.45. The Morgan fingerprint density at radius 2 is 1.17 bits per heavy atom. The average Bonchev–Trinajstić information content (AvgIpc) is 2.59. The van der Waals surface area contributed by atoms with E-state index < -0.39 is 0 Å². The fourth-order valence-electron chi connectivity index (χ4n) is 3.45. The monoisotopic (exact) mass is 308 g/mol. The zero-order valence-electron chi connectivity index (χ0n) is 15.1. The molecule has 2 rings (SSSR count). The minimum atomic E-state index is 0.126. The summed E-state index contributed by atoms with van der Waals surface area (Å²) < 4.78 is 0. The Bertz CT molecular complexity index is 499. The zero-order valence-corrected chi connectivity index (χ0v) is 15.1. The van der Waals surface area contributed by atoms with Gasteiger partial charge >= 0.3 is 0 Å². The lowest BCUT2D eigenvalue weighted by molar-refractivity contribution is 0.461. The summed E-state index contributed by atoms with van der Waals surface area (Å²) in [7, 11) is 0. The third-order valence-electron chi connectivity index (χ3n) is 5.03. The second-order valence-corrected chi connectivity index (χ2v) is 7.41. The normalized spacial score (nSPS) is 11.8. The van der Waals surface area contributed by atoms with Crippen molar-refractivity contribution in [1.82, 2.24) is 0 Å². The molecule has 0 heteroatoms. The van der Waals surface area contributed by atoms with E-state index in [1.807, 2.05) is 0 Å². The highest BCUT2D eigenvalue weighted by Crippen LogP contribution is 2.36. The van der Waals surface area contributed by atoms with Gasteiger partial charge in [0.1, 0.15) is 0 Å². The number of benzene rings is 2. The molecule has 2 aromatic carbocycles. The Morgan fingerprint density at radius 3 is 1.65 bits per heavy atom. The van der Waals surface area contributed by atoms with E-state index in [4.69, 9.17) is 0 Å². The van der Waals surface area contributed by atoms with Crippen LogP contribution in [0.1, 0.15) is 70.4 Å². The van der Waals surface area contributed by atoms with Crippen LogP contribution in [0.3, 0.4) is 0 Å². The molecule has 0 aliphatic rings. The van der Waals surface area contributed by atoms with Gasteiger partial charge in [0, 0.05) is 5.41 Å². The molecule has 0 aromatic heterocycles. The summed E-state index contributed by atoms with van der Waals surface area (Å²) in [6.07, 6.45) is 8.00. The zero-order chi connectivity index (χ0) is 16.5. The maximum absolute atomic E-state index is 2.41. The topological polar surface area (TPSA) is 0 Å². The van der Waals surface area contributed by atoms with Crippen molar-refractivity contribution >= 4 is 0 Å². The Hall–Kier alpha value is -1.56. The van der Waals surface area contributed by atoms with E-state index >= 15 is 0 Å². The van der Waals surface area contributed by atoms with Crippen molar-refractivity contribution in [2.75, 3.05) is 0 Å². The Labute approximate surface area is 143 Å². The van der Waals surface area contributed by atoms with Crippen LogP contribution in [0.5, 0.6) is 0 Å². The molecule has 0 saturated heterocycles. The van der Waals surface area contributed by atoms with Crippen molar-refractivity contribution in [1.29, 1.82) is 0 Å². The number of hydrogen-bond acceptors (Lipinski definition) is 0. The molecule has 0 spiro atoms. The van der Waals surface area contributed by atoms with Crippen molar-refractivity contribution in [3.8, 4) is 0 Å². The second-order valence-electron chi connectivity index (χ2n) is 7.41. The molecule has 0 radical (unpaired) electrons. The summed E-state index contributed by atoms with van der Waals surface area (Å²) in [6, 6.07) is 22.0. The van der Waals surface area contributed by atoms with Gasteiger partial charge in [-0.2, -0.15) is 0 Å². The largest absolute Gasteiger partial charge is 0.0628 e. The lowest BCUT2D eigenvalue weighted by Gasteiger charge is -2.31. The van der Waals surface area contributed by atoms with Gasteiger partial charge < -0.3 is 0 Å². The van der Waals surface area contributed by atoms with Crippen LogP contribution in [0.25, 0.3) is 0 Å². The van der Waals surface area contributed by atoms with E-state index in [1.54, 1.807) is 0 Å². The van der Waals surface area contributed by atoms with Gasteiger partial charge in [0.25, 0.3) is 0 Å². The maximum Gasteiger partial charge on any atom is 0.0174 e. The van der Waals surface area contributed by atoms with E-state index in [0.717, 1.165) is 5.92 Å². The lowest BCUT2D eigenvalue weighted by Crippen LogP contribution is -2.23. The smallest absolute Gasteiger partial charge is 0.0174 e. The molecule has 2 aromatic rings. The summed E-state index contributed by atoms with van der Waals surface area (Å²) in [4.78, 5) is 0. The van der Waals surface area contributed by atoms with Crippen LogP contribution in [-0.4, -0.2) is 0 Å². The van der Waals surface area contributed by atoms with Crippen molar-refractivity contribution in [2.45, 2.75) is 64.7 Å². The summed E-state index contributed by atoms with van der Waals surface area (Å²) in [6.45, 7) is 7.05. The van der Waals surface area contributed by atoms with Crippen LogP contribution in [0.2, 0.25) is 0 Å². The molecular formula is C23H32. The van der Waals surface area contributed by atoms with E-state index in [-0.39, 0.29) is 5.41 Å². The quantitative estimate of drug-likeness (QED) is 0.438. The van der Waals surface area contributed by atoms with Crippen LogP contribution >= 0.6 is 0 Å². The molecule has 0 aliphatic carbocycles. The number of rotatable bonds is 9. The van der Waals surface area contributed by atoms with Crippen LogP contribution in [0.15, 0.2) is 60.7 Å². The molecule has 23 heavy (non-hydrogen) atoms. The molecule has 0 amide bonds. The molecule has 0 heterocycles. The van der Waals surface area contributed by atoms with E-state index in [9.17, 15) is 0 Å². The first-order chi connectivity index (χ1) is 11.1.